The van der Waals surface area contributed by atoms with Gasteiger partial charge in [0.25, 0.3) is 0 Å². The Kier molecular flexibility index (Phi) is 2.07. The van der Waals surface area contributed by atoms with Crippen molar-refractivity contribution >= 4 is 0 Å². The summed E-state index contributed by atoms with van der Waals surface area (Å²) in [6.07, 6.45) is 3.15. The second kappa shape index (κ2) is 2.47. The van der Waals surface area contributed by atoms with E-state index in [0.717, 1.165) is 19.3 Å². The third-order valence-electron chi connectivity index (χ3n) is 4.13. The number of hydrogen-bond donors (Lipinski definition) is 1. The molecule has 0 aliphatic heterocycles. The summed E-state index contributed by atoms with van der Waals surface area (Å²) in [5.74, 6) is 0. The van der Waals surface area contributed by atoms with Gasteiger partial charge in [0.05, 0.1) is 5.60 Å². The molecule has 0 amide bonds. The highest BCUT2D eigenvalue weighted by Gasteiger charge is 2.57. The molecule has 1 nitrogen and oxygen atoms in total. The third kappa shape index (κ3) is 1.02. The van der Waals surface area contributed by atoms with Gasteiger partial charge in [0.2, 0.25) is 0 Å². The summed E-state index contributed by atoms with van der Waals surface area (Å²) in [6.45, 7) is 10.8. The molecule has 1 aliphatic carbocycles. The van der Waals surface area contributed by atoms with E-state index in [0.29, 0.717) is 0 Å². The Morgan fingerprint density at radius 2 is 1.33 bits per heavy atom. The lowest BCUT2D eigenvalue weighted by Gasteiger charge is -2.44. The molecule has 1 fully saturated rings. The van der Waals surface area contributed by atoms with Crippen molar-refractivity contribution in [2.45, 2.75) is 59.5 Å². The van der Waals surface area contributed by atoms with Crippen molar-refractivity contribution in [3.63, 3.8) is 0 Å². The van der Waals surface area contributed by atoms with Gasteiger partial charge < -0.3 is 5.11 Å². The molecular formula is C11H22O. The van der Waals surface area contributed by atoms with Gasteiger partial charge in [-0.25, -0.2) is 0 Å². The highest BCUT2D eigenvalue weighted by Crippen LogP contribution is 2.57. The first-order chi connectivity index (χ1) is 5.27. The molecule has 1 heteroatoms. The summed E-state index contributed by atoms with van der Waals surface area (Å²) in [7, 11) is 0. The summed E-state index contributed by atoms with van der Waals surface area (Å²) in [5, 5.41) is 10.6. The van der Waals surface area contributed by atoms with Crippen LogP contribution in [0, 0.1) is 10.8 Å². The van der Waals surface area contributed by atoms with E-state index in [4.69, 9.17) is 0 Å². The molecule has 0 radical (unpaired) electrons. The lowest BCUT2D eigenvalue weighted by molar-refractivity contribution is -0.112. The van der Waals surface area contributed by atoms with Crippen molar-refractivity contribution < 1.29 is 5.11 Å². The molecule has 1 aliphatic rings. The topological polar surface area (TPSA) is 20.2 Å². The van der Waals surface area contributed by atoms with Crippen LogP contribution in [0.3, 0.4) is 0 Å². The first-order valence-electron chi connectivity index (χ1n) is 4.99. The quantitative estimate of drug-likeness (QED) is 0.641. The van der Waals surface area contributed by atoms with Gasteiger partial charge in [0.1, 0.15) is 0 Å². The van der Waals surface area contributed by atoms with E-state index in [1.54, 1.807) is 0 Å². The first-order valence-corrected chi connectivity index (χ1v) is 4.99. The zero-order chi connectivity index (χ0) is 9.62. The maximum absolute atomic E-state index is 10.6. The number of hydrogen-bond acceptors (Lipinski definition) is 1. The van der Waals surface area contributed by atoms with Crippen molar-refractivity contribution in [1.29, 1.82) is 0 Å². The third-order valence-corrected chi connectivity index (χ3v) is 4.13. The predicted molar refractivity (Wildman–Crippen MR) is 52.0 cm³/mol. The molecule has 1 saturated carbocycles. The van der Waals surface area contributed by atoms with Gasteiger partial charge in [-0.1, -0.05) is 34.6 Å². The first kappa shape index (κ1) is 10.0. The minimum Gasteiger partial charge on any atom is -0.389 e. The van der Waals surface area contributed by atoms with E-state index in [1.165, 1.54) is 0 Å². The molecule has 0 heterocycles. The normalized spacial score (nSPS) is 30.5. The minimum atomic E-state index is -0.472. The Bertz CT molecular complexity index is 163. The van der Waals surface area contributed by atoms with Crippen LogP contribution >= 0.6 is 0 Å². The van der Waals surface area contributed by atoms with Crippen molar-refractivity contribution in [2.24, 2.45) is 10.8 Å². The van der Waals surface area contributed by atoms with Crippen LogP contribution in [0.2, 0.25) is 0 Å². The zero-order valence-electron chi connectivity index (χ0n) is 9.07. The highest BCUT2D eigenvalue weighted by molar-refractivity contribution is 5.07. The van der Waals surface area contributed by atoms with Crippen LogP contribution in [0.15, 0.2) is 0 Å². The molecule has 0 aromatic carbocycles. The molecule has 0 aromatic rings. The largest absolute Gasteiger partial charge is 0.389 e. The maximum atomic E-state index is 10.6. The Hall–Kier alpha value is -0.0400. The number of aliphatic hydroxyl groups is 1. The van der Waals surface area contributed by atoms with E-state index in [9.17, 15) is 5.11 Å². The predicted octanol–water partition coefficient (Wildman–Crippen LogP) is 2.97. The molecule has 0 bridgehead atoms. The minimum absolute atomic E-state index is 0.0885. The lowest BCUT2D eigenvalue weighted by Crippen LogP contribution is -2.48. The van der Waals surface area contributed by atoms with Crippen LogP contribution in [0.25, 0.3) is 0 Å². The van der Waals surface area contributed by atoms with Gasteiger partial charge in [-0.05, 0) is 30.1 Å². The molecule has 0 unspecified atom stereocenters. The van der Waals surface area contributed by atoms with E-state index in [1.807, 2.05) is 0 Å². The van der Waals surface area contributed by atoms with Crippen LogP contribution in [0.4, 0.5) is 0 Å². The van der Waals surface area contributed by atoms with Gasteiger partial charge in [-0.3, -0.25) is 0 Å². The second-order valence-corrected chi connectivity index (χ2v) is 5.48. The average molecular weight is 170 g/mol. The monoisotopic (exact) mass is 170 g/mol. The highest BCUT2D eigenvalue weighted by atomic mass is 16.3. The Morgan fingerprint density at radius 1 is 1.00 bits per heavy atom. The Balaban J connectivity index is 3.04. The molecule has 0 saturated heterocycles. The summed E-state index contributed by atoms with van der Waals surface area (Å²) in [5.41, 5.74) is -0.295. The van der Waals surface area contributed by atoms with Crippen LogP contribution in [-0.2, 0) is 0 Å². The molecule has 0 aromatic heterocycles. The second-order valence-electron chi connectivity index (χ2n) is 5.48. The molecule has 12 heavy (non-hydrogen) atoms. The molecule has 0 atom stereocenters. The Labute approximate surface area is 76.2 Å². The summed E-state index contributed by atoms with van der Waals surface area (Å²) in [6, 6.07) is 0. The van der Waals surface area contributed by atoms with Crippen LogP contribution < -0.4 is 0 Å². The summed E-state index contributed by atoms with van der Waals surface area (Å²) in [4.78, 5) is 0. The summed E-state index contributed by atoms with van der Waals surface area (Å²) >= 11 is 0. The zero-order valence-corrected chi connectivity index (χ0v) is 9.07. The lowest BCUT2D eigenvalue weighted by atomic mass is 9.66. The van der Waals surface area contributed by atoms with Gasteiger partial charge >= 0.3 is 0 Å². The SMILES string of the molecule is CCC1(O)C(C)(C)CCC1(C)C. The smallest absolute Gasteiger partial charge is 0.0746 e. The molecular weight excluding hydrogens is 148 g/mol. The number of rotatable bonds is 1. The van der Waals surface area contributed by atoms with E-state index < -0.39 is 5.60 Å². The van der Waals surface area contributed by atoms with Gasteiger partial charge in [-0.15, -0.1) is 0 Å². The van der Waals surface area contributed by atoms with Crippen molar-refractivity contribution in [1.82, 2.24) is 0 Å². The van der Waals surface area contributed by atoms with Gasteiger partial charge in [0.15, 0.2) is 0 Å². The fourth-order valence-electron chi connectivity index (χ4n) is 2.91. The van der Waals surface area contributed by atoms with Crippen molar-refractivity contribution in [2.75, 3.05) is 0 Å². The van der Waals surface area contributed by atoms with Crippen LogP contribution in [-0.4, -0.2) is 10.7 Å². The fourth-order valence-corrected chi connectivity index (χ4v) is 2.91. The Morgan fingerprint density at radius 3 is 1.50 bits per heavy atom. The maximum Gasteiger partial charge on any atom is 0.0746 e. The van der Waals surface area contributed by atoms with Gasteiger partial charge in [-0.2, -0.15) is 0 Å². The van der Waals surface area contributed by atoms with E-state index in [-0.39, 0.29) is 10.8 Å². The van der Waals surface area contributed by atoms with Gasteiger partial charge in [0, 0.05) is 0 Å². The molecule has 72 valence electrons. The molecule has 1 N–H and O–H groups in total. The van der Waals surface area contributed by atoms with Crippen molar-refractivity contribution in [3.8, 4) is 0 Å². The molecule has 1 rings (SSSR count). The standard InChI is InChI=1S/C11H22O/c1-6-11(12)9(2,3)7-8-10(11,4)5/h12H,6-8H2,1-5H3. The summed E-state index contributed by atoms with van der Waals surface area (Å²) < 4.78 is 0. The van der Waals surface area contributed by atoms with E-state index >= 15 is 0 Å². The van der Waals surface area contributed by atoms with Crippen LogP contribution in [0.1, 0.15) is 53.9 Å². The van der Waals surface area contributed by atoms with Crippen molar-refractivity contribution in [3.05, 3.63) is 0 Å². The fraction of sp³-hybridized carbons (Fsp3) is 1.00. The van der Waals surface area contributed by atoms with Crippen LogP contribution in [0.5, 0.6) is 0 Å². The molecule has 0 spiro atoms. The average Bonchev–Trinajstić information content (AvgIpc) is 2.12. The van der Waals surface area contributed by atoms with E-state index in [2.05, 4.69) is 34.6 Å².